The van der Waals surface area contributed by atoms with Crippen LogP contribution >= 0.6 is 23.2 Å². The second kappa shape index (κ2) is 3.33. The highest BCUT2D eigenvalue weighted by Crippen LogP contribution is 2.22. The average molecular weight is 228 g/mol. The van der Waals surface area contributed by atoms with Gasteiger partial charge in [-0.1, -0.05) is 23.2 Å². The van der Waals surface area contributed by atoms with Gasteiger partial charge in [-0.15, -0.1) is 0 Å². The molecule has 0 bridgehead atoms. The number of rotatable bonds is 0. The number of fused-ring (bicyclic) bond motifs is 1. The van der Waals surface area contributed by atoms with Crippen LogP contribution < -0.4 is 0 Å². The molecule has 14 heavy (non-hydrogen) atoms. The quantitative estimate of drug-likeness (QED) is 0.650. The van der Waals surface area contributed by atoms with Gasteiger partial charge in [-0.25, -0.2) is 15.0 Å². The first-order valence-corrected chi connectivity index (χ1v) is 4.80. The molecule has 0 spiro atoms. The number of aromatic nitrogens is 3. The van der Waals surface area contributed by atoms with Gasteiger partial charge in [0.2, 0.25) is 0 Å². The molecule has 72 valence electrons. The van der Waals surface area contributed by atoms with Crippen LogP contribution in [-0.2, 0) is 0 Å². The minimum absolute atomic E-state index is 0.333. The van der Waals surface area contributed by atoms with E-state index in [2.05, 4.69) is 15.0 Å². The van der Waals surface area contributed by atoms with Gasteiger partial charge in [0, 0.05) is 0 Å². The van der Waals surface area contributed by atoms with Crippen LogP contribution in [0.3, 0.4) is 0 Å². The summed E-state index contributed by atoms with van der Waals surface area (Å²) in [5, 5.41) is 0.815. The molecule has 0 aromatic carbocycles. The fourth-order valence-corrected chi connectivity index (χ4v) is 1.61. The van der Waals surface area contributed by atoms with Crippen LogP contribution in [0.4, 0.5) is 0 Å². The molecule has 0 N–H and O–H groups in total. The first-order chi connectivity index (χ1) is 6.58. The van der Waals surface area contributed by atoms with E-state index in [9.17, 15) is 0 Å². The number of nitrogens with zero attached hydrogens (tertiary/aromatic N) is 3. The molecule has 0 fully saturated rings. The number of aryl methyl sites for hydroxylation is 2. The molecule has 2 aromatic rings. The van der Waals surface area contributed by atoms with Crippen molar-refractivity contribution in [3.63, 3.8) is 0 Å². The van der Waals surface area contributed by atoms with E-state index in [0.29, 0.717) is 21.3 Å². The number of halogens is 2. The minimum Gasteiger partial charge on any atom is -0.246 e. The van der Waals surface area contributed by atoms with Crippen molar-refractivity contribution >= 4 is 34.4 Å². The number of hydrogen-bond donors (Lipinski definition) is 0. The molecule has 0 saturated carbocycles. The first kappa shape index (κ1) is 9.62. The molecular formula is C9H7Cl2N3. The molecule has 5 heteroatoms. The predicted molar refractivity (Wildman–Crippen MR) is 56.8 cm³/mol. The van der Waals surface area contributed by atoms with E-state index >= 15 is 0 Å². The topological polar surface area (TPSA) is 38.7 Å². The first-order valence-electron chi connectivity index (χ1n) is 4.05. The van der Waals surface area contributed by atoms with Gasteiger partial charge >= 0.3 is 0 Å². The van der Waals surface area contributed by atoms with Crippen molar-refractivity contribution in [2.75, 3.05) is 0 Å². The normalized spacial score (nSPS) is 10.9. The molecule has 0 saturated heterocycles. The summed E-state index contributed by atoms with van der Waals surface area (Å²) in [5.74, 6) is 0. The second-order valence-corrected chi connectivity index (χ2v) is 3.79. The number of hydrogen-bond acceptors (Lipinski definition) is 3. The lowest BCUT2D eigenvalue weighted by Crippen LogP contribution is -1.96. The predicted octanol–water partition coefficient (Wildman–Crippen LogP) is 2.95. The van der Waals surface area contributed by atoms with Crippen molar-refractivity contribution in [1.82, 2.24) is 15.0 Å². The van der Waals surface area contributed by atoms with Crippen LogP contribution in [0, 0.1) is 13.8 Å². The van der Waals surface area contributed by atoms with Gasteiger partial charge in [-0.3, -0.25) is 0 Å². The van der Waals surface area contributed by atoms with Crippen LogP contribution in [-0.4, -0.2) is 15.0 Å². The average Bonchev–Trinajstić information content (AvgIpc) is 2.08. The van der Waals surface area contributed by atoms with Crippen molar-refractivity contribution in [1.29, 1.82) is 0 Å². The van der Waals surface area contributed by atoms with E-state index < -0.39 is 0 Å². The highest BCUT2D eigenvalue weighted by molar-refractivity contribution is 6.37. The molecule has 2 aromatic heterocycles. The minimum atomic E-state index is 0.333. The summed E-state index contributed by atoms with van der Waals surface area (Å²) >= 11 is 11.7. The smallest absolute Gasteiger partial charge is 0.181 e. The van der Waals surface area contributed by atoms with Crippen LogP contribution in [0.5, 0.6) is 0 Å². The van der Waals surface area contributed by atoms with E-state index in [4.69, 9.17) is 23.2 Å². The van der Waals surface area contributed by atoms with Crippen molar-refractivity contribution < 1.29 is 0 Å². The lowest BCUT2D eigenvalue weighted by molar-refractivity contribution is 1.08. The standard InChI is InChI=1S/C9H7Cl2N3/c1-4-5(2)13-9-8(12-4)6(10)3-7(11)14-9/h3H,1-2H3. The van der Waals surface area contributed by atoms with Gasteiger partial charge in [0.25, 0.3) is 0 Å². The van der Waals surface area contributed by atoms with E-state index in [1.54, 1.807) is 6.07 Å². The zero-order valence-corrected chi connectivity index (χ0v) is 9.19. The monoisotopic (exact) mass is 227 g/mol. The highest BCUT2D eigenvalue weighted by atomic mass is 35.5. The van der Waals surface area contributed by atoms with Gasteiger partial charge in [-0.2, -0.15) is 0 Å². The maximum absolute atomic E-state index is 5.96. The second-order valence-electron chi connectivity index (χ2n) is 2.99. The fourth-order valence-electron chi connectivity index (χ4n) is 1.14. The Labute approximate surface area is 91.1 Å². The third-order valence-electron chi connectivity index (χ3n) is 1.97. The van der Waals surface area contributed by atoms with Crippen LogP contribution in [0.15, 0.2) is 6.07 Å². The van der Waals surface area contributed by atoms with Gasteiger partial charge in [0.05, 0.1) is 16.4 Å². The molecule has 3 nitrogen and oxygen atoms in total. The third-order valence-corrected chi connectivity index (χ3v) is 2.46. The summed E-state index contributed by atoms with van der Waals surface area (Å²) in [4.78, 5) is 12.6. The SMILES string of the molecule is Cc1nc2nc(Cl)cc(Cl)c2nc1C. The summed E-state index contributed by atoms with van der Waals surface area (Å²) in [6.07, 6.45) is 0. The Bertz CT molecular complexity index is 511. The van der Waals surface area contributed by atoms with Gasteiger partial charge in [-0.05, 0) is 19.9 Å². The molecule has 2 rings (SSSR count). The lowest BCUT2D eigenvalue weighted by Gasteiger charge is -2.03. The molecule has 0 radical (unpaired) electrons. The van der Waals surface area contributed by atoms with Crippen molar-refractivity contribution in [3.05, 3.63) is 27.6 Å². The van der Waals surface area contributed by atoms with Crippen LogP contribution in [0.25, 0.3) is 11.2 Å². The maximum atomic E-state index is 5.96. The molecule has 2 heterocycles. The molecule has 0 aliphatic heterocycles. The fraction of sp³-hybridized carbons (Fsp3) is 0.222. The summed E-state index contributed by atoms with van der Waals surface area (Å²) in [6, 6.07) is 1.56. The van der Waals surface area contributed by atoms with Gasteiger partial charge < -0.3 is 0 Å². The summed E-state index contributed by atoms with van der Waals surface area (Å²) in [7, 11) is 0. The highest BCUT2D eigenvalue weighted by Gasteiger charge is 2.07. The Kier molecular flexibility index (Phi) is 2.29. The lowest BCUT2D eigenvalue weighted by atomic mass is 10.3. The Morgan fingerprint density at radius 2 is 1.64 bits per heavy atom. The van der Waals surface area contributed by atoms with E-state index in [1.165, 1.54) is 0 Å². The Morgan fingerprint density at radius 1 is 1.00 bits per heavy atom. The molecule has 0 atom stereocenters. The molecule has 0 unspecified atom stereocenters. The van der Waals surface area contributed by atoms with Gasteiger partial charge in [0.15, 0.2) is 5.65 Å². The van der Waals surface area contributed by atoms with Crippen molar-refractivity contribution in [2.45, 2.75) is 13.8 Å². The molecule has 0 aliphatic carbocycles. The maximum Gasteiger partial charge on any atom is 0.181 e. The summed E-state index contributed by atoms with van der Waals surface area (Å²) in [5.41, 5.74) is 2.77. The Balaban J connectivity index is 2.89. The zero-order chi connectivity index (χ0) is 10.3. The van der Waals surface area contributed by atoms with Crippen LogP contribution in [0.1, 0.15) is 11.4 Å². The molecule has 0 amide bonds. The molecule has 0 aliphatic rings. The Morgan fingerprint density at radius 3 is 2.36 bits per heavy atom. The van der Waals surface area contributed by atoms with Crippen LogP contribution in [0.2, 0.25) is 10.2 Å². The van der Waals surface area contributed by atoms with E-state index in [-0.39, 0.29) is 0 Å². The van der Waals surface area contributed by atoms with Gasteiger partial charge in [0.1, 0.15) is 10.7 Å². The Hall–Kier alpha value is -0.930. The van der Waals surface area contributed by atoms with Crippen molar-refractivity contribution in [2.24, 2.45) is 0 Å². The summed E-state index contributed by atoms with van der Waals surface area (Å²) < 4.78 is 0. The van der Waals surface area contributed by atoms with E-state index in [0.717, 1.165) is 11.4 Å². The summed E-state index contributed by atoms with van der Waals surface area (Å²) in [6.45, 7) is 3.75. The largest absolute Gasteiger partial charge is 0.246 e. The number of pyridine rings is 1. The van der Waals surface area contributed by atoms with E-state index in [1.807, 2.05) is 13.8 Å². The molecular weight excluding hydrogens is 221 g/mol. The van der Waals surface area contributed by atoms with Crippen molar-refractivity contribution in [3.8, 4) is 0 Å². The third kappa shape index (κ3) is 1.53. The zero-order valence-electron chi connectivity index (χ0n) is 7.67.